The highest BCUT2D eigenvalue weighted by molar-refractivity contribution is 6.42. The first-order valence-corrected chi connectivity index (χ1v) is 7.48. The quantitative estimate of drug-likeness (QED) is 0.792. The fraction of sp³-hybridized carbons (Fsp3) is 0.200. The van der Waals surface area contributed by atoms with Gasteiger partial charge in [-0.1, -0.05) is 40.9 Å². The third-order valence-corrected chi connectivity index (χ3v) is 4.33. The van der Waals surface area contributed by atoms with Gasteiger partial charge in [-0.2, -0.15) is 0 Å². The van der Waals surface area contributed by atoms with E-state index in [1.807, 2.05) is 25.1 Å². The van der Waals surface area contributed by atoms with Crippen molar-refractivity contribution in [1.29, 1.82) is 0 Å². The molecule has 6 heteroatoms. The Labute approximate surface area is 137 Å². The van der Waals surface area contributed by atoms with Crippen molar-refractivity contribution in [1.82, 2.24) is 0 Å². The van der Waals surface area contributed by atoms with Crippen molar-refractivity contribution in [2.24, 2.45) is 0 Å². The van der Waals surface area contributed by atoms with E-state index in [0.29, 0.717) is 26.6 Å². The molecule has 0 bridgehead atoms. The van der Waals surface area contributed by atoms with Gasteiger partial charge in [0.1, 0.15) is 0 Å². The molecule has 3 rings (SSSR count). The number of hydrogen-bond donors (Lipinski definition) is 1. The highest BCUT2D eigenvalue weighted by Gasteiger charge is 2.18. The van der Waals surface area contributed by atoms with E-state index in [0.717, 1.165) is 11.3 Å². The van der Waals surface area contributed by atoms with Gasteiger partial charge < -0.3 is 14.8 Å². The van der Waals surface area contributed by atoms with Crippen LogP contribution < -0.4 is 14.8 Å². The Hall–Kier alpha value is -1.29. The van der Waals surface area contributed by atoms with Crippen LogP contribution in [-0.2, 0) is 0 Å². The van der Waals surface area contributed by atoms with E-state index in [-0.39, 0.29) is 12.8 Å². The molecule has 1 unspecified atom stereocenters. The summed E-state index contributed by atoms with van der Waals surface area (Å²) in [5, 5.41) is 4.97. The highest BCUT2D eigenvalue weighted by Crippen LogP contribution is 2.40. The van der Waals surface area contributed by atoms with Crippen molar-refractivity contribution < 1.29 is 9.47 Å². The molecular formula is C15H12Cl3NO2. The Balaban J connectivity index is 1.84. The van der Waals surface area contributed by atoms with Gasteiger partial charge in [-0.3, -0.25) is 0 Å². The Morgan fingerprint density at radius 2 is 1.67 bits per heavy atom. The Morgan fingerprint density at radius 1 is 0.952 bits per heavy atom. The minimum absolute atomic E-state index is 0.0117. The van der Waals surface area contributed by atoms with Gasteiger partial charge in [-0.15, -0.1) is 0 Å². The predicted octanol–water partition coefficient (Wildman–Crippen LogP) is 5.55. The van der Waals surface area contributed by atoms with Crippen molar-refractivity contribution in [3.8, 4) is 11.5 Å². The van der Waals surface area contributed by atoms with E-state index in [1.54, 1.807) is 12.1 Å². The molecule has 0 amide bonds. The second kappa shape index (κ2) is 5.84. The summed E-state index contributed by atoms with van der Waals surface area (Å²) in [5.41, 5.74) is 1.79. The molecule has 0 aliphatic carbocycles. The number of rotatable bonds is 3. The van der Waals surface area contributed by atoms with Gasteiger partial charge in [0.15, 0.2) is 11.5 Å². The molecule has 1 aliphatic heterocycles. The topological polar surface area (TPSA) is 30.5 Å². The third kappa shape index (κ3) is 3.00. The zero-order valence-electron chi connectivity index (χ0n) is 11.1. The Kier molecular flexibility index (Phi) is 4.07. The van der Waals surface area contributed by atoms with Crippen molar-refractivity contribution in [2.45, 2.75) is 13.0 Å². The summed E-state index contributed by atoms with van der Waals surface area (Å²) >= 11 is 18.2. The van der Waals surface area contributed by atoms with Gasteiger partial charge in [0.05, 0.1) is 20.8 Å². The number of fused-ring (bicyclic) bond motifs is 1. The molecule has 0 saturated carbocycles. The lowest BCUT2D eigenvalue weighted by atomic mass is 10.1. The molecule has 1 atom stereocenters. The molecule has 0 aromatic heterocycles. The second-order valence-electron chi connectivity index (χ2n) is 4.72. The highest BCUT2D eigenvalue weighted by atomic mass is 35.5. The standard InChI is InChI=1S/C15H12Cl3NO2/c1-8(9-2-3-10(16)11(17)4-9)19-13-6-15-14(5-12(13)18)20-7-21-15/h2-6,8,19H,7H2,1H3. The van der Waals surface area contributed by atoms with E-state index in [9.17, 15) is 0 Å². The first-order valence-electron chi connectivity index (χ1n) is 6.35. The molecule has 0 spiro atoms. The summed E-state index contributed by atoms with van der Waals surface area (Å²) in [4.78, 5) is 0. The lowest BCUT2D eigenvalue weighted by Gasteiger charge is -2.17. The summed E-state index contributed by atoms with van der Waals surface area (Å²) in [6.45, 7) is 2.23. The molecule has 0 fully saturated rings. The van der Waals surface area contributed by atoms with Crippen LogP contribution in [0.4, 0.5) is 5.69 Å². The molecule has 2 aromatic carbocycles. The molecule has 0 radical (unpaired) electrons. The fourth-order valence-electron chi connectivity index (χ4n) is 2.13. The first-order chi connectivity index (χ1) is 10.0. The normalized spacial score (nSPS) is 14.1. The molecule has 110 valence electrons. The predicted molar refractivity (Wildman–Crippen MR) is 86.1 cm³/mol. The van der Waals surface area contributed by atoms with E-state index < -0.39 is 0 Å². The van der Waals surface area contributed by atoms with Crippen LogP contribution in [0.3, 0.4) is 0 Å². The summed E-state index contributed by atoms with van der Waals surface area (Å²) in [6.07, 6.45) is 0. The Bertz CT molecular complexity index is 691. The lowest BCUT2D eigenvalue weighted by molar-refractivity contribution is 0.174. The summed E-state index contributed by atoms with van der Waals surface area (Å²) in [5.74, 6) is 1.34. The monoisotopic (exact) mass is 343 g/mol. The molecule has 3 nitrogen and oxygen atoms in total. The Morgan fingerprint density at radius 3 is 2.38 bits per heavy atom. The van der Waals surface area contributed by atoms with Gasteiger partial charge in [0.25, 0.3) is 0 Å². The summed E-state index contributed by atoms with van der Waals surface area (Å²) < 4.78 is 10.6. The van der Waals surface area contributed by atoms with Crippen molar-refractivity contribution in [3.05, 3.63) is 51.0 Å². The average molecular weight is 345 g/mol. The number of halogens is 3. The van der Waals surface area contributed by atoms with Gasteiger partial charge >= 0.3 is 0 Å². The summed E-state index contributed by atoms with van der Waals surface area (Å²) in [6, 6.07) is 9.12. The SMILES string of the molecule is CC(Nc1cc2c(cc1Cl)OCO2)c1ccc(Cl)c(Cl)c1. The van der Waals surface area contributed by atoms with E-state index in [1.165, 1.54) is 0 Å². The van der Waals surface area contributed by atoms with Gasteiger partial charge in [0, 0.05) is 18.2 Å². The van der Waals surface area contributed by atoms with Crippen molar-refractivity contribution >= 4 is 40.5 Å². The minimum Gasteiger partial charge on any atom is -0.454 e. The van der Waals surface area contributed by atoms with Crippen LogP contribution in [-0.4, -0.2) is 6.79 Å². The number of anilines is 1. The van der Waals surface area contributed by atoms with Gasteiger partial charge in [-0.25, -0.2) is 0 Å². The van der Waals surface area contributed by atoms with Gasteiger partial charge in [0.2, 0.25) is 6.79 Å². The number of nitrogens with one attached hydrogen (secondary N) is 1. The van der Waals surface area contributed by atoms with Gasteiger partial charge in [-0.05, 0) is 24.6 Å². The van der Waals surface area contributed by atoms with Crippen molar-refractivity contribution in [3.63, 3.8) is 0 Å². The molecule has 2 aromatic rings. The maximum atomic E-state index is 6.25. The smallest absolute Gasteiger partial charge is 0.231 e. The van der Waals surface area contributed by atoms with E-state index in [4.69, 9.17) is 44.3 Å². The van der Waals surface area contributed by atoms with Crippen LogP contribution >= 0.6 is 34.8 Å². The molecular weight excluding hydrogens is 333 g/mol. The number of benzene rings is 2. The summed E-state index contributed by atoms with van der Waals surface area (Å²) in [7, 11) is 0. The molecule has 1 aliphatic rings. The maximum absolute atomic E-state index is 6.25. The minimum atomic E-state index is 0.0117. The van der Waals surface area contributed by atoms with Crippen molar-refractivity contribution in [2.75, 3.05) is 12.1 Å². The van der Waals surface area contributed by atoms with E-state index in [2.05, 4.69) is 5.32 Å². The zero-order chi connectivity index (χ0) is 15.0. The lowest BCUT2D eigenvalue weighted by Crippen LogP contribution is -2.07. The zero-order valence-corrected chi connectivity index (χ0v) is 13.4. The van der Waals surface area contributed by atoms with Crippen LogP contribution in [0.1, 0.15) is 18.5 Å². The maximum Gasteiger partial charge on any atom is 0.231 e. The molecule has 1 heterocycles. The number of hydrogen-bond acceptors (Lipinski definition) is 3. The van der Waals surface area contributed by atoms with E-state index >= 15 is 0 Å². The fourth-order valence-corrected chi connectivity index (χ4v) is 2.64. The van der Waals surface area contributed by atoms with Crippen LogP contribution in [0.5, 0.6) is 11.5 Å². The largest absolute Gasteiger partial charge is 0.454 e. The van der Waals surface area contributed by atoms with Crippen LogP contribution in [0.15, 0.2) is 30.3 Å². The third-order valence-electron chi connectivity index (χ3n) is 3.28. The number of ether oxygens (including phenoxy) is 2. The molecule has 1 N–H and O–H groups in total. The second-order valence-corrected chi connectivity index (χ2v) is 5.95. The average Bonchev–Trinajstić information content (AvgIpc) is 2.89. The van der Waals surface area contributed by atoms with Crippen LogP contribution in [0.2, 0.25) is 15.1 Å². The molecule has 21 heavy (non-hydrogen) atoms. The van der Waals surface area contributed by atoms with Crippen LogP contribution in [0, 0.1) is 0 Å². The first kappa shape index (κ1) is 14.6. The van der Waals surface area contributed by atoms with Crippen LogP contribution in [0.25, 0.3) is 0 Å². The molecule has 0 saturated heterocycles.